The highest BCUT2D eigenvalue weighted by molar-refractivity contribution is 5.51. The molecule has 1 aromatic rings. The number of nitriles is 1. The minimum absolute atomic E-state index is 0.271. The summed E-state index contributed by atoms with van der Waals surface area (Å²) in [5.74, 6) is -0.271. The lowest BCUT2D eigenvalue weighted by atomic mass is 9.85. The van der Waals surface area contributed by atoms with Gasteiger partial charge in [0.2, 0.25) is 0 Å². The molecule has 0 fully saturated rings. The fourth-order valence-corrected chi connectivity index (χ4v) is 2.23. The number of hydrogen-bond donors (Lipinski definition) is 2. The number of nitrogens with zero attached hydrogens (tertiary/aromatic N) is 2. The van der Waals surface area contributed by atoms with E-state index in [0.29, 0.717) is 17.0 Å². The molecule has 1 aliphatic heterocycles. The molecule has 96 valence electrons. The molecule has 1 unspecified atom stereocenters. The maximum absolute atomic E-state index is 10.4. The average Bonchev–Trinajstić information content (AvgIpc) is 2.42. The van der Waals surface area contributed by atoms with E-state index < -0.39 is 0 Å². The van der Waals surface area contributed by atoms with Crippen molar-refractivity contribution in [1.29, 1.82) is 5.26 Å². The lowest BCUT2D eigenvalue weighted by Crippen LogP contribution is -2.27. The predicted molar refractivity (Wildman–Crippen MR) is 73.0 cm³/mol. The van der Waals surface area contributed by atoms with Crippen LogP contribution in [0.15, 0.2) is 52.1 Å². The molecule has 0 bridgehead atoms. The third-order valence-corrected chi connectivity index (χ3v) is 3.26. The summed E-state index contributed by atoms with van der Waals surface area (Å²) in [4.78, 5) is 10.4. The van der Waals surface area contributed by atoms with Crippen LogP contribution in [0, 0.1) is 16.2 Å². The molecule has 19 heavy (non-hydrogen) atoms. The van der Waals surface area contributed by atoms with Gasteiger partial charge in [-0.1, -0.05) is 12.1 Å². The molecule has 0 saturated carbocycles. The number of nitroso groups, excluding NO2 is 1. The molecule has 0 radical (unpaired) electrons. The molecule has 2 rings (SSSR count). The molecule has 1 atom stereocenters. The molecule has 1 aliphatic rings. The topological polar surface area (TPSA) is 91.3 Å². The lowest BCUT2D eigenvalue weighted by Gasteiger charge is -2.27. The van der Waals surface area contributed by atoms with Crippen LogP contribution in [0.1, 0.15) is 25.3 Å². The molecule has 1 aromatic carbocycles. The molecule has 0 amide bonds. The Morgan fingerprint density at radius 1 is 1.26 bits per heavy atom. The fourth-order valence-electron chi connectivity index (χ4n) is 2.23. The zero-order valence-corrected chi connectivity index (χ0v) is 10.8. The van der Waals surface area contributed by atoms with Gasteiger partial charge in [-0.3, -0.25) is 0 Å². The van der Waals surface area contributed by atoms with E-state index in [2.05, 4.69) is 16.6 Å². The van der Waals surface area contributed by atoms with Gasteiger partial charge in [-0.15, -0.1) is 4.91 Å². The van der Waals surface area contributed by atoms with Gasteiger partial charge < -0.3 is 11.1 Å². The first kappa shape index (κ1) is 12.8. The van der Waals surface area contributed by atoms with Crippen molar-refractivity contribution in [2.24, 2.45) is 10.9 Å². The number of allylic oxidation sites excluding steroid dienone is 3. The Bertz CT molecular complexity index is 620. The summed E-state index contributed by atoms with van der Waals surface area (Å²) in [7, 11) is 0. The third kappa shape index (κ3) is 2.20. The van der Waals surface area contributed by atoms with Crippen LogP contribution in [0.3, 0.4) is 0 Å². The van der Waals surface area contributed by atoms with Crippen molar-refractivity contribution in [3.63, 3.8) is 0 Å². The van der Waals surface area contributed by atoms with Crippen LogP contribution < -0.4 is 11.1 Å². The van der Waals surface area contributed by atoms with Crippen molar-refractivity contribution < 1.29 is 0 Å². The quantitative estimate of drug-likeness (QED) is 0.794. The van der Waals surface area contributed by atoms with Crippen LogP contribution in [0.2, 0.25) is 0 Å². The van der Waals surface area contributed by atoms with E-state index in [9.17, 15) is 10.2 Å². The van der Waals surface area contributed by atoms with Crippen LogP contribution in [-0.2, 0) is 0 Å². The molecular weight excluding hydrogens is 240 g/mol. The number of hydrogen-bond acceptors (Lipinski definition) is 5. The summed E-state index contributed by atoms with van der Waals surface area (Å²) in [5.41, 5.74) is 10.2. The van der Waals surface area contributed by atoms with E-state index in [-0.39, 0.29) is 5.92 Å². The van der Waals surface area contributed by atoms with Gasteiger partial charge in [0, 0.05) is 17.1 Å². The third-order valence-electron chi connectivity index (χ3n) is 3.26. The fraction of sp³-hybridized carbons (Fsp3) is 0.214. The average molecular weight is 254 g/mol. The Morgan fingerprint density at radius 2 is 1.89 bits per heavy atom. The van der Waals surface area contributed by atoms with Crippen molar-refractivity contribution in [3.8, 4) is 6.07 Å². The first-order chi connectivity index (χ1) is 9.08. The second kappa shape index (κ2) is 4.94. The molecule has 5 heteroatoms. The molecule has 0 aromatic heterocycles. The summed E-state index contributed by atoms with van der Waals surface area (Å²) in [6.07, 6.45) is 0. The molecule has 1 heterocycles. The zero-order chi connectivity index (χ0) is 14.0. The Labute approximate surface area is 111 Å². The van der Waals surface area contributed by atoms with Gasteiger partial charge in [0.25, 0.3) is 0 Å². The number of nitrogens with two attached hydrogens (primary N) is 1. The first-order valence-electron chi connectivity index (χ1n) is 5.86. The van der Waals surface area contributed by atoms with Crippen molar-refractivity contribution >= 4 is 5.69 Å². The van der Waals surface area contributed by atoms with Crippen LogP contribution >= 0.6 is 0 Å². The van der Waals surface area contributed by atoms with Crippen molar-refractivity contribution in [2.75, 3.05) is 0 Å². The van der Waals surface area contributed by atoms with Gasteiger partial charge in [0.15, 0.2) is 0 Å². The van der Waals surface area contributed by atoms with Crippen LogP contribution in [-0.4, -0.2) is 0 Å². The highest BCUT2D eigenvalue weighted by atomic mass is 16.3. The summed E-state index contributed by atoms with van der Waals surface area (Å²) in [5, 5.41) is 15.3. The Balaban J connectivity index is 2.52. The summed E-state index contributed by atoms with van der Waals surface area (Å²) in [6.45, 7) is 3.73. The van der Waals surface area contributed by atoms with E-state index in [0.717, 1.165) is 17.0 Å². The molecule has 3 N–H and O–H groups in total. The minimum atomic E-state index is -0.271. The smallest absolute Gasteiger partial charge is 0.108 e. The summed E-state index contributed by atoms with van der Waals surface area (Å²) in [6, 6.07) is 8.99. The van der Waals surface area contributed by atoms with Crippen molar-refractivity contribution in [2.45, 2.75) is 19.8 Å². The van der Waals surface area contributed by atoms with Crippen LogP contribution in [0.25, 0.3) is 0 Å². The Morgan fingerprint density at radius 3 is 2.42 bits per heavy atom. The summed E-state index contributed by atoms with van der Waals surface area (Å²) >= 11 is 0. The second-order valence-electron chi connectivity index (χ2n) is 4.47. The van der Waals surface area contributed by atoms with E-state index in [1.165, 1.54) is 0 Å². The molecule has 5 nitrogen and oxygen atoms in total. The highest BCUT2D eigenvalue weighted by Gasteiger charge is 2.27. The van der Waals surface area contributed by atoms with E-state index in [4.69, 9.17) is 5.73 Å². The molecular formula is C14H14N4O. The normalized spacial score (nSPS) is 18.9. The Kier molecular flexibility index (Phi) is 3.34. The number of rotatable bonds is 2. The highest BCUT2D eigenvalue weighted by Crippen LogP contribution is 2.35. The SMILES string of the molecule is CC1=C(N)C(c2ccc(N=O)cc2)C(C#N)=C(C)N1. The monoisotopic (exact) mass is 254 g/mol. The van der Waals surface area contributed by atoms with Gasteiger partial charge in [0.05, 0.1) is 17.6 Å². The van der Waals surface area contributed by atoms with Crippen LogP contribution in [0.4, 0.5) is 5.69 Å². The van der Waals surface area contributed by atoms with E-state index >= 15 is 0 Å². The van der Waals surface area contributed by atoms with Crippen LogP contribution in [0.5, 0.6) is 0 Å². The maximum atomic E-state index is 10.4. The number of nitrogens with one attached hydrogen (secondary N) is 1. The maximum Gasteiger partial charge on any atom is 0.108 e. The minimum Gasteiger partial charge on any atom is -0.400 e. The molecule has 0 spiro atoms. The number of benzene rings is 1. The number of dihydropyridines is 1. The second-order valence-corrected chi connectivity index (χ2v) is 4.47. The largest absolute Gasteiger partial charge is 0.400 e. The lowest BCUT2D eigenvalue weighted by molar-refractivity contribution is 0.782. The standard InChI is InChI=1S/C14H14N4O/c1-8-12(7-15)13(14(16)9(2)17-8)10-3-5-11(18-19)6-4-10/h3-6,13,17H,16H2,1-2H3. The van der Waals surface area contributed by atoms with E-state index in [1.54, 1.807) is 24.3 Å². The summed E-state index contributed by atoms with van der Waals surface area (Å²) < 4.78 is 0. The molecule has 0 saturated heterocycles. The van der Waals surface area contributed by atoms with Gasteiger partial charge in [0.1, 0.15) is 5.69 Å². The van der Waals surface area contributed by atoms with Gasteiger partial charge >= 0.3 is 0 Å². The van der Waals surface area contributed by atoms with Crippen molar-refractivity contribution in [1.82, 2.24) is 5.32 Å². The van der Waals surface area contributed by atoms with Crippen molar-refractivity contribution in [3.05, 3.63) is 57.4 Å². The zero-order valence-electron chi connectivity index (χ0n) is 10.8. The van der Waals surface area contributed by atoms with Gasteiger partial charge in [-0.05, 0) is 36.7 Å². The molecule has 0 aliphatic carbocycles. The van der Waals surface area contributed by atoms with Gasteiger partial charge in [-0.25, -0.2) is 0 Å². The van der Waals surface area contributed by atoms with E-state index in [1.807, 2.05) is 13.8 Å². The predicted octanol–water partition coefficient (Wildman–Crippen LogP) is 2.76. The first-order valence-corrected chi connectivity index (χ1v) is 5.86. The Hall–Kier alpha value is -2.61. The van der Waals surface area contributed by atoms with Gasteiger partial charge in [-0.2, -0.15) is 5.26 Å².